The smallest absolute Gasteiger partial charge is 0.00668 e. The van der Waals surface area contributed by atoms with Gasteiger partial charge in [0.05, 0.1) is 0 Å². The highest BCUT2D eigenvalue weighted by Gasteiger charge is 2.04. The first kappa shape index (κ1) is 15.3. The Morgan fingerprint density at radius 3 is 2.20 bits per heavy atom. The quantitative estimate of drug-likeness (QED) is 0.538. The SMILES string of the molecule is CCCC(CCC)NCCCCCSC. The monoisotopic (exact) mass is 231 g/mol. The van der Waals surface area contributed by atoms with Crippen LogP contribution in [0.5, 0.6) is 0 Å². The third-order valence-corrected chi connectivity index (χ3v) is 3.43. The summed E-state index contributed by atoms with van der Waals surface area (Å²) in [6.07, 6.45) is 11.6. The Balaban J connectivity index is 3.28. The first-order chi connectivity index (χ1) is 7.35. The Morgan fingerprint density at radius 1 is 1.00 bits per heavy atom. The van der Waals surface area contributed by atoms with Gasteiger partial charge in [0.2, 0.25) is 0 Å². The number of rotatable bonds is 11. The lowest BCUT2D eigenvalue weighted by molar-refractivity contribution is 0.437. The van der Waals surface area contributed by atoms with E-state index in [0.717, 1.165) is 6.04 Å². The van der Waals surface area contributed by atoms with Crippen LogP contribution in [-0.4, -0.2) is 24.6 Å². The summed E-state index contributed by atoms with van der Waals surface area (Å²) in [5, 5.41) is 3.69. The van der Waals surface area contributed by atoms with Crippen LogP contribution in [0, 0.1) is 0 Å². The number of hydrogen-bond donors (Lipinski definition) is 1. The second-order valence-electron chi connectivity index (χ2n) is 4.28. The van der Waals surface area contributed by atoms with Crippen molar-refractivity contribution in [2.45, 2.75) is 64.8 Å². The molecule has 0 aromatic rings. The summed E-state index contributed by atoms with van der Waals surface area (Å²) < 4.78 is 0. The Bertz CT molecular complexity index is 111. The number of hydrogen-bond acceptors (Lipinski definition) is 2. The molecule has 0 fully saturated rings. The van der Waals surface area contributed by atoms with Crippen LogP contribution in [0.25, 0.3) is 0 Å². The van der Waals surface area contributed by atoms with Gasteiger partial charge in [0, 0.05) is 6.04 Å². The van der Waals surface area contributed by atoms with E-state index in [1.807, 2.05) is 11.8 Å². The number of thioether (sulfide) groups is 1. The van der Waals surface area contributed by atoms with Gasteiger partial charge < -0.3 is 5.32 Å². The average molecular weight is 231 g/mol. The predicted octanol–water partition coefficient (Wildman–Crippen LogP) is 4.08. The third-order valence-electron chi connectivity index (χ3n) is 2.73. The normalized spacial score (nSPS) is 11.2. The van der Waals surface area contributed by atoms with Crippen molar-refractivity contribution in [3.05, 3.63) is 0 Å². The summed E-state index contributed by atoms with van der Waals surface area (Å²) in [6, 6.07) is 0.778. The minimum Gasteiger partial charge on any atom is -0.314 e. The fraction of sp³-hybridized carbons (Fsp3) is 1.00. The molecule has 1 nitrogen and oxygen atoms in total. The van der Waals surface area contributed by atoms with Gasteiger partial charge in [0.15, 0.2) is 0 Å². The fourth-order valence-corrected chi connectivity index (χ4v) is 2.39. The highest BCUT2D eigenvalue weighted by molar-refractivity contribution is 7.98. The van der Waals surface area contributed by atoms with Crippen LogP contribution >= 0.6 is 11.8 Å². The molecule has 0 saturated carbocycles. The van der Waals surface area contributed by atoms with Gasteiger partial charge in [-0.1, -0.05) is 33.1 Å². The van der Waals surface area contributed by atoms with E-state index in [1.54, 1.807) is 0 Å². The van der Waals surface area contributed by atoms with Crippen LogP contribution < -0.4 is 5.32 Å². The molecule has 0 aliphatic carbocycles. The number of unbranched alkanes of at least 4 members (excludes halogenated alkanes) is 2. The Kier molecular flexibility index (Phi) is 12.6. The molecule has 0 atom stereocenters. The molecule has 1 N–H and O–H groups in total. The molecule has 0 saturated heterocycles. The largest absolute Gasteiger partial charge is 0.314 e. The van der Waals surface area contributed by atoms with Crippen molar-refractivity contribution in [2.24, 2.45) is 0 Å². The first-order valence-electron chi connectivity index (χ1n) is 6.57. The van der Waals surface area contributed by atoms with Gasteiger partial charge in [-0.3, -0.25) is 0 Å². The molecule has 0 spiro atoms. The highest BCUT2D eigenvalue weighted by atomic mass is 32.2. The van der Waals surface area contributed by atoms with Crippen LogP contribution in [0.4, 0.5) is 0 Å². The van der Waals surface area contributed by atoms with Gasteiger partial charge in [0.25, 0.3) is 0 Å². The van der Waals surface area contributed by atoms with Crippen LogP contribution in [-0.2, 0) is 0 Å². The van der Waals surface area contributed by atoms with E-state index in [-0.39, 0.29) is 0 Å². The minimum atomic E-state index is 0.778. The van der Waals surface area contributed by atoms with E-state index in [4.69, 9.17) is 0 Å². The van der Waals surface area contributed by atoms with Crippen molar-refractivity contribution >= 4 is 11.8 Å². The summed E-state index contributed by atoms with van der Waals surface area (Å²) in [5.41, 5.74) is 0. The molecule has 0 heterocycles. The molecule has 92 valence electrons. The lowest BCUT2D eigenvalue weighted by Gasteiger charge is -2.17. The zero-order valence-corrected chi connectivity index (χ0v) is 11.7. The second kappa shape index (κ2) is 12.4. The van der Waals surface area contributed by atoms with Crippen molar-refractivity contribution in [1.29, 1.82) is 0 Å². The summed E-state index contributed by atoms with van der Waals surface area (Å²) in [6.45, 7) is 5.78. The van der Waals surface area contributed by atoms with Gasteiger partial charge >= 0.3 is 0 Å². The average Bonchev–Trinajstić information content (AvgIpc) is 2.24. The molecule has 0 bridgehead atoms. The van der Waals surface area contributed by atoms with E-state index in [0.29, 0.717) is 0 Å². The Labute approximate surface area is 101 Å². The second-order valence-corrected chi connectivity index (χ2v) is 5.27. The fourth-order valence-electron chi connectivity index (χ4n) is 1.90. The van der Waals surface area contributed by atoms with E-state index >= 15 is 0 Å². The van der Waals surface area contributed by atoms with Crippen LogP contribution in [0.15, 0.2) is 0 Å². The summed E-state index contributed by atoms with van der Waals surface area (Å²) in [4.78, 5) is 0. The van der Waals surface area contributed by atoms with Gasteiger partial charge in [0.1, 0.15) is 0 Å². The Morgan fingerprint density at radius 2 is 1.67 bits per heavy atom. The lowest BCUT2D eigenvalue weighted by Crippen LogP contribution is -2.29. The molecular formula is C13H29NS. The summed E-state index contributed by atoms with van der Waals surface area (Å²) >= 11 is 1.96. The molecule has 0 aliphatic heterocycles. The zero-order chi connectivity index (χ0) is 11.4. The molecule has 0 aromatic carbocycles. The molecule has 0 radical (unpaired) electrons. The molecule has 2 heteroatoms. The highest BCUT2D eigenvalue weighted by Crippen LogP contribution is 2.06. The van der Waals surface area contributed by atoms with Crippen molar-refractivity contribution < 1.29 is 0 Å². The van der Waals surface area contributed by atoms with Crippen molar-refractivity contribution in [1.82, 2.24) is 5.32 Å². The summed E-state index contributed by atoms with van der Waals surface area (Å²) in [7, 11) is 0. The maximum atomic E-state index is 3.69. The topological polar surface area (TPSA) is 12.0 Å². The van der Waals surface area contributed by atoms with Crippen LogP contribution in [0.2, 0.25) is 0 Å². The maximum absolute atomic E-state index is 3.69. The Hall–Kier alpha value is 0.310. The standard InChI is InChI=1S/C13H29NS/c1-4-9-13(10-5-2)14-11-7-6-8-12-15-3/h13-14H,4-12H2,1-3H3. The maximum Gasteiger partial charge on any atom is 0.00668 e. The van der Waals surface area contributed by atoms with Gasteiger partial charge in [-0.2, -0.15) is 11.8 Å². The van der Waals surface area contributed by atoms with Crippen LogP contribution in [0.1, 0.15) is 58.8 Å². The molecule has 0 aliphatic rings. The van der Waals surface area contributed by atoms with Gasteiger partial charge in [-0.25, -0.2) is 0 Å². The molecule has 0 unspecified atom stereocenters. The van der Waals surface area contributed by atoms with Crippen LogP contribution in [0.3, 0.4) is 0 Å². The summed E-state index contributed by atoms with van der Waals surface area (Å²) in [5.74, 6) is 1.33. The predicted molar refractivity (Wildman–Crippen MR) is 73.8 cm³/mol. The minimum absolute atomic E-state index is 0.778. The molecule has 15 heavy (non-hydrogen) atoms. The zero-order valence-electron chi connectivity index (χ0n) is 10.8. The molecular weight excluding hydrogens is 202 g/mol. The third kappa shape index (κ3) is 10.6. The van der Waals surface area contributed by atoms with Crippen molar-refractivity contribution in [3.8, 4) is 0 Å². The number of nitrogens with one attached hydrogen (secondary N) is 1. The van der Waals surface area contributed by atoms with E-state index in [9.17, 15) is 0 Å². The molecule has 0 rings (SSSR count). The van der Waals surface area contributed by atoms with E-state index in [1.165, 1.54) is 57.2 Å². The van der Waals surface area contributed by atoms with Gasteiger partial charge in [-0.15, -0.1) is 0 Å². The van der Waals surface area contributed by atoms with Gasteiger partial charge in [-0.05, 0) is 44.2 Å². The van der Waals surface area contributed by atoms with E-state index < -0.39 is 0 Å². The molecule has 0 aromatic heterocycles. The van der Waals surface area contributed by atoms with Crippen molar-refractivity contribution in [2.75, 3.05) is 18.6 Å². The lowest BCUT2D eigenvalue weighted by atomic mass is 10.1. The molecule has 0 amide bonds. The van der Waals surface area contributed by atoms with E-state index in [2.05, 4.69) is 25.4 Å². The first-order valence-corrected chi connectivity index (χ1v) is 7.96. The van der Waals surface area contributed by atoms with Crippen molar-refractivity contribution in [3.63, 3.8) is 0 Å².